The largest absolute Gasteiger partial charge is 0.493 e. The number of sulfonamides is 1. The molecule has 3 aromatic heterocycles. The maximum Gasteiger partial charge on any atom is 0.293 e. The molecule has 3 atom stereocenters. The Bertz CT molecular complexity index is 3660. The van der Waals surface area contributed by atoms with Crippen LogP contribution in [-0.4, -0.2) is 165 Å². The van der Waals surface area contributed by atoms with Crippen molar-refractivity contribution in [2.45, 2.75) is 132 Å². The number of aromatic amines is 1. The fourth-order valence-corrected chi connectivity index (χ4v) is 16.5. The topological polar surface area (TPSA) is 233 Å². The summed E-state index contributed by atoms with van der Waals surface area (Å²) in [6.07, 6.45) is 12.1. The van der Waals surface area contributed by atoms with Crippen molar-refractivity contribution in [2.24, 2.45) is 11.3 Å². The molecule has 7 aliphatic rings. The van der Waals surface area contributed by atoms with Gasteiger partial charge in [-0.05, 0) is 173 Å². The third-order valence-corrected chi connectivity index (χ3v) is 22.0. The number of amides is 1. The van der Waals surface area contributed by atoms with E-state index in [-0.39, 0.29) is 28.6 Å². The van der Waals surface area contributed by atoms with Gasteiger partial charge in [0.15, 0.2) is 11.6 Å². The molecule has 6 aliphatic heterocycles. The molecule has 1 amide bonds. The molecule has 13 rings (SSSR count). The first kappa shape index (κ1) is 60.8. The molecule has 1 aliphatic carbocycles. The molecule has 6 aromatic rings. The van der Waals surface area contributed by atoms with Crippen LogP contribution in [0.5, 0.6) is 11.6 Å². The molecular weight excluding hydrogens is 1150 g/mol. The van der Waals surface area contributed by atoms with E-state index in [0.717, 1.165) is 138 Å². The molecule has 5 saturated heterocycles. The number of likely N-dealkylation sites (tertiary alicyclic amines) is 2. The minimum absolute atomic E-state index is 0.108. The summed E-state index contributed by atoms with van der Waals surface area (Å²) in [6.45, 7) is 17.1. The third-order valence-electron chi connectivity index (χ3n) is 20.6. The van der Waals surface area contributed by atoms with Crippen LogP contribution in [0.15, 0.2) is 96.2 Å². The summed E-state index contributed by atoms with van der Waals surface area (Å²) in [6, 6.07) is 24.6. The lowest BCUT2D eigenvalue weighted by Gasteiger charge is -2.54. The Balaban J connectivity index is 0.731. The Hall–Kier alpha value is -7.08. The number of carbonyl (C=O) groups excluding carboxylic acids is 1. The summed E-state index contributed by atoms with van der Waals surface area (Å²) >= 11 is 0. The highest BCUT2D eigenvalue weighted by atomic mass is 32.2. The second-order valence-corrected chi connectivity index (χ2v) is 28.2. The van der Waals surface area contributed by atoms with Gasteiger partial charge in [-0.2, -0.15) is 4.98 Å². The lowest BCUT2D eigenvalue weighted by molar-refractivity contribution is -0.384. The van der Waals surface area contributed by atoms with Crippen LogP contribution in [0.25, 0.3) is 11.0 Å². The molecule has 3 aromatic carbocycles. The van der Waals surface area contributed by atoms with Crippen molar-refractivity contribution in [3.8, 4) is 11.6 Å². The van der Waals surface area contributed by atoms with Crippen LogP contribution < -0.4 is 34.2 Å². The first-order valence-corrected chi connectivity index (χ1v) is 33.6. The molecule has 89 heavy (non-hydrogen) atoms. The third kappa shape index (κ3) is 12.6. The molecular formula is C67H85N11O10S. The van der Waals surface area contributed by atoms with Crippen molar-refractivity contribution < 1.29 is 42.2 Å². The summed E-state index contributed by atoms with van der Waals surface area (Å²) in [5.74, 6) is 2.16. The number of pyridine rings is 2. The zero-order chi connectivity index (χ0) is 61.6. The fourth-order valence-electron chi connectivity index (χ4n) is 15.5. The predicted octanol–water partition coefficient (Wildman–Crippen LogP) is 9.74. The van der Waals surface area contributed by atoms with Crippen LogP contribution in [0.1, 0.15) is 124 Å². The van der Waals surface area contributed by atoms with E-state index in [2.05, 4.69) is 83.7 Å². The van der Waals surface area contributed by atoms with E-state index in [4.69, 9.17) is 28.9 Å². The van der Waals surface area contributed by atoms with Gasteiger partial charge in [0, 0.05) is 93.9 Å². The second kappa shape index (κ2) is 25.3. The number of ether oxygens (including phenoxy) is 4. The van der Waals surface area contributed by atoms with Crippen LogP contribution >= 0.6 is 0 Å². The lowest BCUT2D eigenvalue weighted by Crippen LogP contribution is -2.54. The van der Waals surface area contributed by atoms with Crippen molar-refractivity contribution >= 4 is 61.2 Å². The van der Waals surface area contributed by atoms with Gasteiger partial charge in [-0.1, -0.05) is 38.1 Å². The van der Waals surface area contributed by atoms with Crippen molar-refractivity contribution in [2.75, 3.05) is 112 Å². The summed E-state index contributed by atoms with van der Waals surface area (Å²) in [5, 5.41) is 26.9. The minimum Gasteiger partial charge on any atom is -0.493 e. The molecule has 1 spiro atoms. The number of nitro benzene ring substituents is 1. The number of nitrogens with zero attached hydrogens (tertiary/aromatic N) is 8. The fraction of sp³-hybridized carbons (Fsp3) is 0.537. The molecule has 0 bridgehead atoms. The monoisotopic (exact) mass is 1240 g/mol. The number of nitro groups is 1. The van der Waals surface area contributed by atoms with Gasteiger partial charge < -0.3 is 54.0 Å². The standard InChI is InChI=1S/C67H85N11O10S/c1-44(2)51-7-5-6-8-52(51)54-42-73(41-46-35-60(85-4)63(70-40-46)76-30-33-86-34-31-76)27-21-67(54)22-28-75(29-23-67)48-16-25-74(26-17-48)49-9-11-53(57(37-49)77-56-18-32-87-43-61(56)88-65-59(77)36-47-15-24-68-62(47)71-65)64(79)72-89(83,84)50-10-12-55(58(38-50)78(81)82)69-39-45-13-19-66(3,80)20-14-45/h5-12,15,24,35-38,40,44-45,48,54,56,61,69,80H,13-14,16-23,25-34,39,41-43H2,1-4H3,(H,68,71)(H,72,79)/t45-,54-,56-,61-,66-/m0/s1. The number of methoxy groups -OCH3 is 1. The number of aliphatic hydroxyl groups is 1. The number of benzene rings is 3. The highest BCUT2D eigenvalue weighted by molar-refractivity contribution is 7.90. The molecule has 1 saturated carbocycles. The highest BCUT2D eigenvalue weighted by Crippen LogP contribution is 2.53. The molecule has 9 heterocycles. The van der Waals surface area contributed by atoms with Crippen molar-refractivity contribution in [3.05, 3.63) is 124 Å². The van der Waals surface area contributed by atoms with Crippen LogP contribution in [0.3, 0.4) is 0 Å². The number of anilines is 5. The number of piperidine rings is 3. The number of aromatic nitrogens is 3. The Morgan fingerprint density at radius 2 is 1.65 bits per heavy atom. The van der Waals surface area contributed by atoms with Gasteiger partial charge in [0.25, 0.3) is 21.6 Å². The minimum atomic E-state index is -4.65. The second-order valence-electron chi connectivity index (χ2n) is 26.5. The van der Waals surface area contributed by atoms with Gasteiger partial charge in [0.1, 0.15) is 23.1 Å². The normalized spacial score (nSPS) is 24.5. The summed E-state index contributed by atoms with van der Waals surface area (Å²) in [7, 11) is -2.91. The zero-order valence-corrected chi connectivity index (χ0v) is 52.5. The van der Waals surface area contributed by atoms with Crippen LogP contribution in [0, 0.1) is 21.4 Å². The van der Waals surface area contributed by atoms with E-state index < -0.39 is 43.1 Å². The number of hydrogen-bond donors (Lipinski definition) is 4. The summed E-state index contributed by atoms with van der Waals surface area (Å²) in [4.78, 5) is 51.5. The number of hydrogen-bond acceptors (Lipinski definition) is 18. The van der Waals surface area contributed by atoms with Gasteiger partial charge in [-0.15, -0.1) is 0 Å². The maximum absolute atomic E-state index is 14.9. The van der Waals surface area contributed by atoms with Crippen molar-refractivity contribution in [1.29, 1.82) is 0 Å². The van der Waals surface area contributed by atoms with Crippen molar-refractivity contribution in [1.82, 2.24) is 29.5 Å². The molecule has 474 valence electrons. The number of nitrogens with one attached hydrogen (secondary N) is 3. The van der Waals surface area contributed by atoms with Gasteiger partial charge in [-0.3, -0.25) is 19.8 Å². The Morgan fingerprint density at radius 3 is 2.42 bits per heavy atom. The Labute approximate surface area is 521 Å². The molecule has 6 fully saturated rings. The number of carbonyl (C=O) groups is 1. The molecule has 0 unspecified atom stereocenters. The van der Waals surface area contributed by atoms with E-state index >= 15 is 0 Å². The Kier molecular flexibility index (Phi) is 17.3. The summed E-state index contributed by atoms with van der Waals surface area (Å²) < 4.78 is 55.1. The lowest BCUT2D eigenvalue weighted by atomic mass is 9.61. The highest BCUT2D eigenvalue weighted by Gasteiger charge is 2.48. The van der Waals surface area contributed by atoms with Gasteiger partial charge in [-0.25, -0.2) is 18.1 Å². The average Bonchev–Trinajstić information content (AvgIpc) is 1.51. The molecule has 21 nitrogen and oxygen atoms in total. The van der Waals surface area contributed by atoms with E-state index in [1.54, 1.807) is 13.2 Å². The zero-order valence-electron chi connectivity index (χ0n) is 51.7. The van der Waals surface area contributed by atoms with Crippen LogP contribution in [0.2, 0.25) is 0 Å². The number of morpholine rings is 1. The van der Waals surface area contributed by atoms with Crippen molar-refractivity contribution in [3.63, 3.8) is 0 Å². The average molecular weight is 1240 g/mol. The van der Waals surface area contributed by atoms with Gasteiger partial charge in [0.2, 0.25) is 5.88 Å². The number of fused-ring (bicyclic) bond motifs is 3. The van der Waals surface area contributed by atoms with E-state index in [1.165, 1.54) is 23.3 Å². The molecule has 0 radical (unpaired) electrons. The van der Waals surface area contributed by atoms with Gasteiger partial charge in [0.05, 0.1) is 59.6 Å². The predicted molar refractivity (Wildman–Crippen MR) is 343 cm³/mol. The maximum atomic E-state index is 14.9. The van der Waals surface area contributed by atoms with Gasteiger partial charge >= 0.3 is 0 Å². The molecule has 4 N–H and O–H groups in total. The van der Waals surface area contributed by atoms with E-state index in [0.29, 0.717) is 93.0 Å². The first-order valence-electron chi connectivity index (χ1n) is 32.2. The quantitative estimate of drug-likeness (QED) is 0.0521. The SMILES string of the molecule is COc1cc(CN2CCC3(CCN(C4CCN(c5ccc(C(=O)NS(=O)(=O)c6ccc(NC[C@H]7CC[C@](C)(O)CC7)c([N+](=O)[O-])c6)c(N6c7cc8cc[nH]c8nc7O[C@H]7COCC[C@@H]76)c5)CC4)CC3)[C@H](c3ccccc3C(C)C)C2)cnc1N1CCOCC1. The van der Waals surface area contributed by atoms with Crippen LogP contribution in [-0.2, 0) is 26.0 Å². The Morgan fingerprint density at radius 1 is 0.876 bits per heavy atom. The summed E-state index contributed by atoms with van der Waals surface area (Å²) in [5.41, 5.74) is 6.08. The first-order chi connectivity index (χ1) is 43.0. The van der Waals surface area contributed by atoms with E-state index in [9.17, 15) is 28.4 Å². The number of rotatable bonds is 16. The van der Waals surface area contributed by atoms with E-state index in [1.807, 2.05) is 43.6 Å². The molecule has 22 heteroatoms. The number of H-pyrrole nitrogens is 1. The van der Waals surface area contributed by atoms with Crippen LogP contribution in [0.4, 0.5) is 34.3 Å². The smallest absolute Gasteiger partial charge is 0.293 e.